The molecule has 0 atom stereocenters. The molecule has 0 radical (unpaired) electrons. The van der Waals surface area contributed by atoms with Crippen LogP contribution < -0.4 is 5.32 Å². The minimum Gasteiger partial charge on any atom is -0.351 e. The summed E-state index contributed by atoms with van der Waals surface area (Å²) in [7, 11) is 0. The van der Waals surface area contributed by atoms with Gasteiger partial charge in [0.05, 0.1) is 4.47 Å². The molecule has 1 saturated carbocycles. The van der Waals surface area contributed by atoms with E-state index in [1.807, 2.05) is 0 Å². The van der Waals surface area contributed by atoms with Crippen molar-refractivity contribution in [2.45, 2.75) is 51.5 Å². The zero-order chi connectivity index (χ0) is 12.1. The summed E-state index contributed by atoms with van der Waals surface area (Å²) >= 11 is 3.34. The van der Waals surface area contributed by atoms with Gasteiger partial charge in [-0.1, -0.05) is 19.8 Å². The Bertz CT molecular complexity index is 331. The zero-order valence-corrected chi connectivity index (χ0v) is 11.9. The van der Waals surface area contributed by atoms with Crippen molar-refractivity contribution in [1.82, 2.24) is 9.97 Å². The molecule has 0 unspecified atom stereocenters. The summed E-state index contributed by atoms with van der Waals surface area (Å²) in [6.45, 7) is 2.28. The molecule has 0 amide bonds. The van der Waals surface area contributed by atoms with Crippen molar-refractivity contribution in [3.63, 3.8) is 0 Å². The van der Waals surface area contributed by atoms with Gasteiger partial charge in [-0.2, -0.15) is 0 Å². The molecule has 2 rings (SSSR count). The maximum absolute atomic E-state index is 4.26. The predicted octanol–water partition coefficient (Wildman–Crippen LogP) is 4.01. The highest BCUT2D eigenvalue weighted by molar-refractivity contribution is 9.10. The number of nitrogens with one attached hydrogen (secondary N) is 1. The first-order valence-corrected chi connectivity index (χ1v) is 7.31. The van der Waals surface area contributed by atoms with Gasteiger partial charge in [0, 0.05) is 18.4 Å². The van der Waals surface area contributed by atoms with Gasteiger partial charge in [0.2, 0.25) is 5.95 Å². The SMILES string of the molecule is CCCC1CCC(Nc2ncc(Br)cn2)CC1. The molecule has 3 nitrogen and oxygen atoms in total. The van der Waals surface area contributed by atoms with Gasteiger partial charge in [-0.15, -0.1) is 0 Å². The van der Waals surface area contributed by atoms with E-state index in [1.54, 1.807) is 12.4 Å². The minimum absolute atomic E-state index is 0.560. The second-order valence-corrected chi connectivity index (χ2v) is 5.79. The summed E-state index contributed by atoms with van der Waals surface area (Å²) < 4.78 is 0.926. The summed E-state index contributed by atoms with van der Waals surface area (Å²) in [5.74, 6) is 1.70. The van der Waals surface area contributed by atoms with Crippen LogP contribution in [0.1, 0.15) is 45.4 Å². The van der Waals surface area contributed by atoms with Gasteiger partial charge >= 0.3 is 0 Å². The van der Waals surface area contributed by atoms with Crippen molar-refractivity contribution in [3.05, 3.63) is 16.9 Å². The van der Waals surface area contributed by atoms with Crippen LogP contribution in [0.25, 0.3) is 0 Å². The van der Waals surface area contributed by atoms with Crippen molar-refractivity contribution >= 4 is 21.9 Å². The number of rotatable bonds is 4. The molecule has 1 aliphatic carbocycles. The lowest BCUT2D eigenvalue weighted by Crippen LogP contribution is -2.26. The van der Waals surface area contributed by atoms with E-state index in [1.165, 1.54) is 38.5 Å². The van der Waals surface area contributed by atoms with E-state index >= 15 is 0 Å². The van der Waals surface area contributed by atoms with E-state index in [4.69, 9.17) is 0 Å². The summed E-state index contributed by atoms with van der Waals surface area (Å²) in [5, 5.41) is 3.43. The van der Waals surface area contributed by atoms with Gasteiger partial charge in [-0.3, -0.25) is 0 Å². The van der Waals surface area contributed by atoms with E-state index < -0.39 is 0 Å². The maximum atomic E-state index is 4.26. The van der Waals surface area contributed by atoms with Gasteiger partial charge < -0.3 is 5.32 Å². The van der Waals surface area contributed by atoms with Crippen molar-refractivity contribution in [2.75, 3.05) is 5.32 Å². The lowest BCUT2D eigenvalue weighted by molar-refractivity contribution is 0.318. The van der Waals surface area contributed by atoms with Crippen molar-refractivity contribution in [1.29, 1.82) is 0 Å². The van der Waals surface area contributed by atoms with Crippen LogP contribution in [0.5, 0.6) is 0 Å². The summed E-state index contributed by atoms with van der Waals surface area (Å²) in [6, 6.07) is 0.560. The summed E-state index contributed by atoms with van der Waals surface area (Å²) in [4.78, 5) is 8.52. The van der Waals surface area contributed by atoms with Crippen molar-refractivity contribution in [2.24, 2.45) is 5.92 Å². The average molecular weight is 298 g/mol. The van der Waals surface area contributed by atoms with Gasteiger partial charge in [0.1, 0.15) is 0 Å². The lowest BCUT2D eigenvalue weighted by atomic mass is 9.83. The molecule has 4 heteroatoms. The Labute approximate surface area is 112 Å². The molecule has 0 aromatic carbocycles. The summed E-state index contributed by atoms with van der Waals surface area (Å²) in [6.07, 6.45) is 11.5. The molecule has 1 fully saturated rings. The highest BCUT2D eigenvalue weighted by Gasteiger charge is 2.20. The van der Waals surface area contributed by atoms with Crippen LogP contribution in [0.3, 0.4) is 0 Å². The molecule has 1 aromatic heterocycles. The molecule has 1 aromatic rings. The number of hydrogen-bond acceptors (Lipinski definition) is 3. The first-order chi connectivity index (χ1) is 8.28. The Morgan fingerprint density at radius 1 is 1.24 bits per heavy atom. The van der Waals surface area contributed by atoms with Crippen LogP contribution >= 0.6 is 15.9 Å². The van der Waals surface area contributed by atoms with Crippen LogP contribution in [-0.4, -0.2) is 16.0 Å². The van der Waals surface area contributed by atoms with Crippen LogP contribution in [-0.2, 0) is 0 Å². The Kier molecular flexibility index (Phi) is 4.77. The first kappa shape index (κ1) is 12.8. The highest BCUT2D eigenvalue weighted by Crippen LogP contribution is 2.28. The van der Waals surface area contributed by atoms with Gasteiger partial charge in [-0.25, -0.2) is 9.97 Å². The van der Waals surface area contributed by atoms with Crippen molar-refractivity contribution in [3.8, 4) is 0 Å². The van der Waals surface area contributed by atoms with Gasteiger partial charge in [0.25, 0.3) is 0 Å². The fourth-order valence-corrected chi connectivity index (χ4v) is 2.78. The third-order valence-electron chi connectivity index (χ3n) is 3.50. The fraction of sp³-hybridized carbons (Fsp3) is 0.692. The maximum Gasteiger partial charge on any atom is 0.222 e. The molecule has 1 aliphatic rings. The normalized spacial score (nSPS) is 24.6. The number of hydrogen-bond donors (Lipinski definition) is 1. The topological polar surface area (TPSA) is 37.8 Å². The monoisotopic (exact) mass is 297 g/mol. The first-order valence-electron chi connectivity index (χ1n) is 6.52. The van der Waals surface area contributed by atoms with E-state index in [0.29, 0.717) is 6.04 Å². The van der Waals surface area contributed by atoms with Crippen molar-refractivity contribution < 1.29 is 0 Å². The van der Waals surface area contributed by atoms with Crippen LogP contribution in [0.2, 0.25) is 0 Å². The second kappa shape index (κ2) is 6.34. The molecule has 94 valence electrons. The standard InChI is InChI=1S/C13H20BrN3/c1-2-3-10-4-6-12(7-5-10)17-13-15-8-11(14)9-16-13/h8-10,12H,2-7H2,1H3,(H,15,16,17). The van der Waals surface area contributed by atoms with Crippen LogP contribution in [0.15, 0.2) is 16.9 Å². The van der Waals surface area contributed by atoms with E-state index in [9.17, 15) is 0 Å². The molecule has 0 saturated heterocycles. The second-order valence-electron chi connectivity index (χ2n) is 4.88. The van der Waals surface area contributed by atoms with E-state index in [-0.39, 0.29) is 0 Å². The Morgan fingerprint density at radius 2 is 1.88 bits per heavy atom. The number of halogens is 1. The van der Waals surface area contributed by atoms with Crippen LogP contribution in [0.4, 0.5) is 5.95 Å². The molecule has 0 aliphatic heterocycles. The molecule has 17 heavy (non-hydrogen) atoms. The molecule has 0 spiro atoms. The number of aromatic nitrogens is 2. The Hall–Kier alpha value is -0.640. The lowest BCUT2D eigenvalue weighted by Gasteiger charge is -2.28. The quantitative estimate of drug-likeness (QED) is 0.912. The fourth-order valence-electron chi connectivity index (χ4n) is 2.57. The highest BCUT2D eigenvalue weighted by atomic mass is 79.9. The average Bonchev–Trinajstić information content (AvgIpc) is 2.35. The number of nitrogens with zero attached hydrogens (tertiary/aromatic N) is 2. The molecule has 0 bridgehead atoms. The van der Waals surface area contributed by atoms with E-state index in [2.05, 4.69) is 38.1 Å². The Balaban J connectivity index is 1.79. The third-order valence-corrected chi connectivity index (χ3v) is 3.91. The predicted molar refractivity (Wildman–Crippen MR) is 74.0 cm³/mol. The third kappa shape index (κ3) is 3.95. The Morgan fingerprint density at radius 3 is 2.47 bits per heavy atom. The molecule has 1 N–H and O–H groups in total. The van der Waals surface area contributed by atoms with Gasteiger partial charge in [0.15, 0.2) is 0 Å². The van der Waals surface area contributed by atoms with E-state index in [0.717, 1.165) is 16.3 Å². The van der Waals surface area contributed by atoms with Crippen LogP contribution in [0, 0.1) is 5.92 Å². The van der Waals surface area contributed by atoms with Gasteiger partial charge in [-0.05, 0) is 47.5 Å². The molecular weight excluding hydrogens is 278 g/mol. The number of anilines is 1. The molecular formula is C13H20BrN3. The minimum atomic E-state index is 0.560. The zero-order valence-electron chi connectivity index (χ0n) is 10.3. The largest absolute Gasteiger partial charge is 0.351 e. The summed E-state index contributed by atoms with van der Waals surface area (Å²) in [5.41, 5.74) is 0. The molecule has 1 heterocycles. The smallest absolute Gasteiger partial charge is 0.222 e.